The van der Waals surface area contributed by atoms with Gasteiger partial charge in [-0.15, -0.1) is 0 Å². The highest BCUT2D eigenvalue weighted by molar-refractivity contribution is 7.99. The molecule has 1 aromatic rings. The Morgan fingerprint density at radius 2 is 2.38 bits per heavy atom. The zero-order valence-corrected chi connectivity index (χ0v) is 14.0. The molecule has 2 aliphatic rings. The fraction of sp³-hybridized carbons (Fsp3) is 0.533. The summed E-state index contributed by atoms with van der Waals surface area (Å²) < 4.78 is 12.1. The SMILES string of the molecule is NC(=S)c1ccc(OC2CCOC3(CCSC3)C2)c(Cl)c1. The Balaban J connectivity index is 1.70. The first-order chi connectivity index (χ1) is 10.1. The number of thiocarbonyl (C=S) groups is 1. The van der Waals surface area contributed by atoms with E-state index in [1.807, 2.05) is 23.9 Å². The summed E-state index contributed by atoms with van der Waals surface area (Å²) in [6.45, 7) is 0.758. The Labute approximate surface area is 139 Å². The number of rotatable bonds is 3. The van der Waals surface area contributed by atoms with Crippen molar-refractivity contribution in [1.82, 2.24) is 0 Å². The summed E-state index contributed by atoms with van der Waals surface area (Å²) in [7, 11) is 0. The van der Waals surface area contributed by atoms with Crippen LogP contribution in [-0.2, 0) is 4.74 Å². The highest BCUT2D eigenvalue weighted by atomic mass is 35.5. The van der Waals surface area contributed by atoms with Crippen molar-refractivity contribution in [3.05, 3.63) is 28.8 Å². The van der Waals surface area contributed by atoms with E-state index in [4.69, 9.17) is 39.0 Å². The van der Waals surface area contributed by atoms with E-state index in [1.54, 1.807) is 6.07 Å². The molecule has 2 saturated heterocycles. The van der Waals surface area contributed by atoms with Crippen LogP contribution in [0, 0.1) is 0 Å². The van der Waals surface area contributed by atoms with Crippen LogP contribution in [0.2, 0.25) is 5.02 Å². The van der Waals surface area contributed by atoms with Gasteiger partial charge < -0.3 is 15.2 Å². The van der Waals surface area contributed by atoms with Gasteiger partial charge in [-0.05, 0) is 30.4 Å². The second-order valence-corrected chi connectivity index (χ2v) is 7.53. The molecule has 2 aliphatic heterocycles. The average molecular weight is 344 g/mol. The molecule has 6 heteroatoms. The number of nitrogens with two attached hydrogens (primary N) is 1. The van der Waals surface area contributed by atoms with Crippen LogP contribution in [0.1, 0.15) is 24.8 Å². The third kappa shape index (κ3) is 3.47. The number of thioether (sulfide) groups is 1. The number of hydrogen-bond donors (Lipinski definition) is 1. The first-order valence-electron chi connectivity index (χ1n) is 7.06. The molecule has 2 unspecified atom stereocenters. The molecular formula is C15H18ClNO2S2. The highest BCUT2D eigenvalue weighted by Crippen LogP contribution is 2.40. The summed E-state index contributed by atoms with van der Waals surface area (Å²) in [6.07, 6.45) is 3.12. The minimum Gasteiger partial charge on any atom is -0.489 e. The molecule has 114 valence electrons. The molecule has 3 nitrogen and oxygen atoms in total. The minimum absolute atomic E-state index is 0.0127. The van der Waals surface area contributed by atoms with Gasteiger partial charge in [-0.2, -0.15) is 11.8 Å². The van der Waals surface area contributed by atoms with Gasteiger partial charge in [-0.3, -0.25) is 0 Å². The Bertz CT molecular complexity index is 546. The van der Waals surface area contributed by atoms with Crippen LogP contribution in [0.3, 0.4) is 0 Å². The van der Waals surface area contributed by atoms with Crippen molar-refractivity contribution in [2.24, 2.45) is 5.73 Å². The normalized spacial score (nSPS) is 28.7. The fourth-order valence-corrected chi connectivity index (χ4v) is 4.61. The van der Waals surface area contributed by atoms with Gasteiger partial charge in [0.25, 0.3) is 0 Å². The van der Waals surface area contributed by atoms with Crippen LogP contribution in [0.5, 0.6) is 5.75 Å². The lowest BCUT2D eigenvalue weighted by atomic mass is 9.91. The largest absolute Gasteiger partial charge is 0.489 e. The predicted octanol–water partition coefficient (Wildman–Crippen LogP) is 3.41. The molecule has 21 heavy (non-hydrogen) atoms. The maximum Gasteiger partial charge on any atom is 0.138 e. The molecule has 2 heterocycles. The van der Waals surface area contributed by atoms with Gasteiger partial charge in [-0.25, -0.2) is 0 Å². The maximum atomic E-state index is 6.27. The van der Waals surface area contributed by atoms with E-state index in [1.165, 1.54) is 5.75 Å². The monoisotopic (exact) mass is 343 g/mol. The summed E-state index contributed by atoms with van der Waals surface area (Å²) in [4.78, 5) is 0.344. The molecule has 1 aromatic carbocycles. The summed E-state index contributed by atoms with van der Waals surface area (Å²) in [5, 5.41) is 0.557. The van der Waals surface area contributed by atoms with Crippen molar-refractivity contribution in [3.63, 3.8) is 0 Å². The van der Waals surface area contributed by atoms with Crippen LogP contribution in [-0.4, -0.2) is 34.8 Å². The van der Waals surface area contributed by atoms with Gasteiger partial charge in [0.2, 0.25) is 0 Å². The Morgan fingerprint density at radius 1 is 1.52 bits per heavy atom. The molecule has 2 atom stereocenters. The highest BCUT2D eigenvalue weighted by Gasteiger charge is 2.41. The van der Waals surface area contributed by atoms with Gasteiger partial charge in [0.1, 0.15) is 16.8 Å². The number of benzene rings is 1. The van der Waals surface area contributed by atoms with E-state index in [2.05, 4.69) is 0 Å². The Kier molecular flexibility index (Phi) is 4.64. The zero-order valence-electron chi connectivity index (χ0n) is 11.6. The number of halogens is 1. The quantitative estimate of drug-likeness (QED) is 0.852. The number of hydrogen-bond acceptors (Lipinski definition) is 4. The minimum atomic E-state index is 0.0127. The van der Waals surface area contributed by atoms with Crippen molar-refractivity contribution < 1.29 is 9.47 Å². The molecule has 1 spiro atoms. The van der Waals surface area contributed by atoms with E-state index >= 15 is 0 Å². The molecule has 0 saturated carbocycles. The van der Waals surface area contributed by atoms with Crippen LogP contribution < -0.4 is 10.5 Å². The van der Waals surface area contributed by atoms with Gasteiger partial charge in [0, 0.05) is 24.2 Å². The topological polar surface area (TPSA) is 44.5 Å². The summed E-state index contributed by atoms with van der Waals surface area (Å²) >= 11 is 13.2. The molecule has 0 amide bonds. The first-order valence-corrected chi connectivity index (χ1v) is 9.00. The van der Waals surface area contributed by atoms with Gasteiger partial charge >= 0.3 is 0 Å². The van der Waals surface area contributed by atoms with Gasteiger partial charge in [0.05, 0.1) is 17.2 Å². The number of ether oxygens (including phenoxy) is 2. The second-order valence-electron chi connectivity index (χ2n) is 5.58. The Hall–Kier alpha value is -0.490. The van der Waals surface area contributed by atoms with Crippen molar-refractivity contribution in [2.45, 2.75) is 31.0 Å². The van der Waals surface area contributed by atoms with Crippen LogP contribution in [0.25, 0.3) is 0 Å². The molecule has 0 radical (unpaired) electrons. The molecule has 2 N–H and O–H groups in total. The molecule has 0 aromatic heterocycles. The van der Waals surface area contributed by atoms with Crippen molar-refractivity contribution in [1.29, 1.82) is 0 Å². The summed E-state index contributed by atoms with van der Waals surface area (Å²) in [5.74, 6) is 2.95. The zero-order chi connectivity index (χ0) is 14.9. The molecule has 2 fully saturated rings. The lowest BCUT2D eigenvalue weighted by Crippen LogP contribution is -2.43. The van der Waals surface area contributed by atoms with Crippen molar-refractivity contribution in [2.75, 3.05) is 18.1 Å². The third-order valence-corrected chi connectivity index (χ3v) is 5.78. The van der Waals surface area contributed by atoms with Gasteiger partial charge in [0.15, 0.2) is 0 Å². The first kappa shape index (κ1) is 15.4. The second kappa shape index (κ2) is 6.32. The summed E-state index contributed by atoms with van der Waals surface area (Å²) in [6, 6.07) is 5.46. The maximum absolute atomic E-state index is 6.27. The fourth-order valence-electron chi connectivity index (χ4n) is 2.88. The van der Waals surface area contributed by atoms with E-state index in [9.17, 15) is 0 Å². The lowest BCUT2D eigenvalue weighted by Gasteiger charge is -2.37. The smallest absolute Gasteiger partial charge is 0.138 e. The van der Waals surface area contributed by atoms with Crippen LogP contribution >= 0.6 is 35.6 Å². The van der Waals surface area contributed by atoms with Gasteiger partial charge in [-0.1, -0.05) is 23.8 Å². The summed E-state index contributed by atoms with van der Waals surface area (Å²) in [5.41, 5.74) is 6.38. The average Bonchev–Trinajstić information content (AvgIpc) is 2.89. The van der Waals surface area contributed by atoms with E-state index in [0.29, 0.717) is 15.8 Å². The molecular weight excluding hydrogens is 326 g/mol. The van der Waals surface area contributed by atoms with Crippen LogP contribution in [0.15, 0.2) is 18.2 Å². The predicted molar refractivity (Wildman–Crippen MR) is 91.6 cm³/mol. The van der Waals surface area contributed by atoms with E-state index in [-0.39, 0.29) is 11.7 Å². The van der Waals surface area contributed by atoms with E-state index < -0.39 is 0 Å². The molecule has 0 aliphatic carbocycles. The van der Waals surface area contributed by atoms with E-state index in [0.717, 1.165) is 37.2 Å². The third-order valence-electron chi connectivity index (χ3n) is 4.02. The van der Waals surface area contributed by atoms with Crippen molar-refractivity contribution in [3.8, 4) is 5.75 Å². The lowest BCUT2D eigenvalue weighted by molar-refractivity contribution is -0.0958. The molecule has 3 rings (SSSR count). The standard InChI is InChI=1S/C15H18ClNO2S2/c16-12-7-10(14(17)20)1-2-13(12)19-11-3-5-18-15(8-11)4-6-21-9-15/h1-2,7,11H,3-6,8-9H2,(H2,17,20). The Morgan fingerprint density at radius 3 is 3.05 bits per heavy atom. The van der Waals surface area contributed by atoms with Crippen molar-refractivity contribution >= 4 is 40.6 Å². The molecule has 0 bridgehead atoms. The van der Waals surface area contributed by atoms with Crippen LogP contribution in [0.4, 0.5) is 0 Å².